The maximum Gasteiger partial charge on any atom is 0.401 e. The lowest BCUT2D eigenvalue weighted by Gasteiger charge is -2.22. The van der Waals surface area contributed by atoms with Crippen molar-refractivity contribution in [1.82, 2.24) is 10.2 Å². The van der Waals surface area contributed by atoms with Gasteiger partial charge in [0.15, 0.2) is 0 Å². The normalized spacial score (nSPS) is 13.2. The predicted molar refractivity (Wildman–Crippen MR) is 65.4 cm³/mol. The first-order valence-electron chi connectivity index (χ1n) is 6.01. The average Bonchev–Trinajstić information content (AvgIpc) is 2.77. The second kappa shape index (κ2) is 7.11. The van der Waals surface area contributed by atoms with Crippen LogP contribution in [0, 0.1) is 0 Å². The van der Waals surface area contributed by atoms with E-state index < -0.39 is 43.7 Å². The molecule has 0 aromatic carbocycles. The Hall–Kier alpha value is -2.03. The summed E-state index contributed by atoms with van der Waals surface area (Å²) in [5.74, 6) is -1.71. The molecule has 0 spiro atoms. The van der Waals surface area contributed by atoms with Gasteiger partial charge in [0, 0.05) is 0 Å². The van der Waals surface area contributed by atoms with E-state index in [-0.39, 0.29) is 0 Å². The molecule has 0 bridgehead atoms. The summed E-state index contributed by atoms with van der Waals surface area (Å²) >= 11 is 0. The van der Waals surface area contributed by atoms with E-state index in [1.165, 1.54) is 6.26 Å². The van der Waals surface area contributed by atoms with E-state index in [0.29, 0.717) is 10.7 Å². The van der Waals surface area contributed by atoms with Crippen LogP contribution in [0.2, 0.25) is 0 Å². The molecule has 0 aliphatic heterocycles. The number of hydrogen-bond donors (Lipinski definition) is 2. The zero-order valence-electron chi connectivity index (χ0n) is 11.2. The number of aliphatic carboxylic acids is 1. The second-order valence-corrected chi connectivity index (χ2v) is 4.46. The third-order valence-corrected chi connectivity index (χ3v) is 2.48. The Bertz CT molecular complexity index is 473. The number of nitrogens with zero attached hydrogens (tertiary/aromatic N) is 1. The van der Waals surface area contributed by atoms with E-state index in [4.69, 9.17) is 9.52 Å². The van der Waals surface area contributed by atoms with Gasteiger partial charge in [0.1, 0.15) is 5.76 Å². The van der Waals surface area contributed by atoms with Gasteiger partial charge in [-0.1, -0.05) is 0 Å². The van der Waals surface area contributed by atoms with Crippen LogP contribution in [0.3, 0.4) is 0 Å². The first-order chi connectivity index (χ1) is 9.67. The smallest absolute Gasteiger partial charge is 0.401 e. The summed E-state index contributed by atoms with van der Waals surface area (Å²) in [4.78, 5) is 22.7. The monoisotopic (exact) mass is 308 g/mol. The minimum absolute atomic E-state index is 0.448. The lowest BCUT2D eigenvalue weighted by molar-refractivity contribution is -0.155. The van der Waals surface area contributed by atoms with Crippen molar-refractivity contribution in [1.29, 1.82) is 0 Å². The summed E-state index contributed by atoms with van der Waals surface area (Å²) in [5.41, 5.74) is 0. The van der Waals surface area contributed by atoms with Gasteiger partial charge in [0.2, 0.25) is 5.91 Å². The van der Waals surface area contributed by atoms with Gasteiger partial charge < -0.3 is 14.8 Å². The Morgan fingerprint density at radius 3 is 2.57 bits per heavy atom. The van der Waals surface area contributed by atoms with Gasteiger partial charge >= 0.3 is 12.1 Å². The molecule has 0 saturated carbocycles. The van der Waals surface area contributed by atoms with Crippen molar-refractivity contribution < 1.29 is 32.3 Å². The Morgan fingerprint density at radius 2 is 2.10 bits per heavy atom. The summed E-state index contributed by atoms with van der Waals surface area (Å²) in [7, 11) is 0. The Morgan fingerprint density at radius 1 is 1.43 bits per heavy atom. The van der Waals surface area contributed by atoms with Crippen LogP contribution in [0.5, 0.6) is 0 Å². The Balaban J connectivity index is 2.56. The molecule has 1 aromatic heterocycles. The van der Waals surface area contributed by atoms with Crippen LogP contribution in [0.15, 0.2) is 22.8 Å². The third kappa shape index (κ3) is 6.80. The number of carbonyl (C=O) groups excluding carboxylic acids is 1. The van der Waals surface area contributed by atoms with Crippen LogP contribution in [0.25, 0.3) is 0 Å². The van der Waals surface area contributed by atoms with E-state index in [1.807, 2.05) is 0 Å². The fourth-order valence-corrected chi connectivity index (χ4v) is 1.71. The lowest BCUT2D eigenvalue weighted by atomic mass is 10.2. The van der Waals surface area contributed by atoms with Gasteiger partial charge in [-0.2, -0.15) is 13.2 Å². The minimum atomic E-state index is -4.58. The first-order valence-corrected chi connectivity index (χ1v) is 6.01. The quantitative estimate of drug-likeness (QED) is 0.796. The number of hydrogen-bond acceptors (Lipinski definition) is 4. The van der Waals surface area contributed by atoms with Crippen molar-refractivity contribution in [2.75, 3.05) is 19.6 Å². The Kier molecular flexibility index (Phi) is 5.77. The third-order valence-electron chi connectivity index (χ3n) is 2.48. The number of furan rings is 1. The van der Waals surface area contributed by atoms with Gasteiger partial charge in [0.05, 0.1) is 31.9 Å². The largest absolute Gasteiger partial charge is 0.480 e. The van der Waals surface area contributed by atoms with Crippen LogP contribution in [-0.4, -0.2) is 47.7 Å². The number of amides is 1. The maximum absolute atomic E-state index is 12.3. The number of alkyl halides is 3. The molecule has 2 N–H and O–H groups in total. The molecule has 1 unspecified atom stereocenters. The number of carbonyl (C=O) groups is 2. The minimum Gasteiger partial charge on any atom is -0.480 e. The van der Waals surface area contributed by atoms with Gasteiger partial charge in [-0.05, 0) is 19.1 Å². The molecule has 1 aromatic rings. The standard InChI is InChI=1S/C12H15F3N2O4/c1-8(9-3-2-4-21-9)16-10(18)5-17(6-11(19)20)7-12(13,14)15/h2-4,8H,5-7H2,1H3,(H,16,18)(H,19,20). The van der Waals surface area contributed by atoms with Crippen molar-refractivity contribution in [3.05, 3.63) is 24.2 Å². The molecule has 1 atom stereocenters. The summed E-state index contributed by atoms with van der Waals surface area (Å²) in [6, 6.07) is 2.69. The van der Waals surface area contributed by atoms with E-state index in [2.05, 4.69) is 5.32 Å². The fraction of sp³-hybridized carbons (Fsp3) is 0.500. The number of carboxylic acid groups (broad SMARTS) is 1. The SMILES string of the molecule is CC(NC(=O)CN(CC(=O)O)CC(F)(F)F)c1ccco1. The van der Waals surface area contributed by atoms with Gasteiger partial charge in [-0.3, -0.25) is 14.5 Å². The van der Waals surface area contributed by atoms with Gasteiger partial charge in [-0.25, -0.2) is 0 Å². The van der Waals surface area contributed by atoms with E-state index in [9.17, 15) is 22.8 Å². The highest BCUT2D eigenvalue weighted by Crippen LogP contribution is 2.16. The lowest BCUT2D eigenvalue weighted by Crippen LogP contribution is -2.44. The molecule has 118 valence electrons. The zero-order valence-corrected chi connectivity index (χ0v) is 11.2. The highest BCUT2D eigenvalue weighted by atomic mass is 19.4. The van der Waals surface area contributed by atoms with E-state index in [0.717, 1.165) is 0 Å². The van der Waals surface area contributed by atoms with Crippen molar-refractivity contribution >= 4 is 11.9 Å². The molecule has 0 fully saturated rings. The van der Waals surface area contributed by atoms with Crippen LogP contribution >= 0.6 is 0 Å². The molecule has 1 amide bonds. The van der Waals surface area contributed by atoms with E-state index >= 15 is 0 Å². The number of nitrogens with one attached hydrogen (secondary N) is 1. The van der Waals surface area contributed by atoms with Crippen LogP contribution in [0.1, 0.15) is 18.7 Å². The zero-order chi connectivity index (χ0) is 16.0. The van der Waals surface area contributed by atoms with Gasteiger partial charge in [0.25, 0.3) is 0 Å². The molecule has 0 aliphatic carbocycles. The average molecular weight is 308 g/mol. The molecule has 0 radical (unpaired) electrons. The molecule has 0 aliphatic rings. The molecule has 1 heterocycles. The molecule has 21 heavy (non-hydrogen) atoms. The fourth-order valence-electron chi connectivity index (χ4n) is 1.71. The molecular weight excluding hydrogens is 293 g/mol. The molecule has 0 saturated heterocycles. The molecular formula is C12H15F3N2O4. The van der Waals surface area contributed by atoms with Crippen LogP contribution in [0.4, 0.5) is 13.2 Å². The number of halogens is 3. The molecule has 6 nitrogen and oxygen atoms in total. The van der Waals surface area contributed by atoms with Crippen molar-refractivity contribution in [2.45, 2.75) is 19.1 Å². The van der Waals surface area contributed by atoms with Gasteiger partial charge in [-0.15, -0.1) is 0 Å². The number of carboxylic acids is 1. The summed E-state index contributed by atoms with van der Waals surface area (Å²) < 4.78 is 42.0. The summed E-state index contributed by atoms with van der Waals surface area (Å²) in [6.45, 7) is -1.41. The van der Waals surface area contributed by atoms with Crippen molar-refractivity contribution in [3.63, 3.8) is 0 Å². The predicted octanol–water partition coefficient (Wildman–Crippen LogP) is 1.41. The van der Waals surface area contributed by atoms with Crippen LogP contribution in [-0.2, 0) is 9.59 Å². The second-order valence-electron chi connectivity index (χ2n) is 4.46. The highest BCUT2D eigenvalue weighted by molar-refractivity contribution is 5.79. The van der Waals surface area contributed by atoms with E-state index in [1.54, 1.807) is 19.1 Å². The van der Waals surface area contributed by atoms with Crippen molar-refractivity contribution in [2.24, 2.45) is 0 Å². The highest BCUT2D eigenvalue weighted by Gasteiger charge is 2.32. The molecule has 9 heteroatoms. The van der Waals surface area contributed by atoms with Crippen molar-refractivity contribution in [3.8, 4) is 0 Å². The number of rotatable bonds is 7. The Labute approximate surface area is 118 Å². The molecule has 1 rings (SSSR count). The summed E-state index contributed by atoms with van der Waals surface area (Å²) in [5, 5.41) is 11.0. The summed E-state index contributed by atoms with van der Waals surface area (Å²) in [6.07, 6.45) is -3.18. The maximum atomic E-state index is 12.3. The topological polar surface area (TPSA) is 82.8 Å². The van der Waals surface area contributed by atoms with Crippen LogP contribution < -0.4 is 5.32 Å². The first kappa shape index (κ1) is 17.0.